The van der Waals surface area contributed by atoms with Crippen molar-refractivity contribution in [1.82, 2.24) is 10.2 Å². The molecule has 0 aliphatic carbocycles. The van der Waals surface area contributed by atoms with Gasteiger partial charge in [-0.2, -0.15) is 0 Å². The van der Waals surface area contributed by atoms with Crippen LogP contribution in [-0.2, 0) is 4.74 Å². The quantitative estimate of drug-likeness (QED) is 0.633. The fourth-order valence-electron chi connectivity index (χ4n) is 3.02. The molecule has 0 amide bonds. The molecule has 8 heteroatoms. The number of thiophene rings is 1. The van der Waals surface area contributed by atoms with Crippen LogP contribution in [0.5, 0.6) is 0 Å². The van der Waals surface area contributed by atoms with Crippen LogP contribution in [0.2, 0.25) is 0 Å². The number of fused-ring (bicyclic) bond motifs is 1. The van der Waals surface area contributed by atoms with E-state index in [0.717, 1.165) is 39.7 Å². The average Bonchev–Trinajstić information content (AvgIpc) is 3.08. The number of hydrogen-bond donors (Lipinski definition) is 2. The van der Waals surface area contributed by atoms with Crippen LogP contribution < -0.4 is 5.32 Å². The molecule has 1 aliphatic heterocycles. The molecule has 2 N–H and O–H groups in total. The Balaban J connectivity index is 1.80. The summed E-state index contributed by atoms with van der Waals surface area (Å²) >= 11 is 4.90. The molecular formula is C18H16BrN3O3S. The summed E-state index contributed by atoms with van der Waals surface area (Å²) in [4.78, 5) is 12.5. The Labute approximate surface area is 162 Å². The van der Waals surface area contributed by atoms with Crippen molar-refractivity contribution in [2.45, 2.75) is 18.9 Å². The van der Waals surface area contributed by atoms with Crippen molar-refractivity contribution >= 4 is 49.1 Å². The van der Waals surface area contributed by atoms with Crippen molar-refractivity contribution in [1.29, 1.82) is 0 Å². The molecular weight excluding hydrogens is 418 g/mol. The highest BCUT2D eigenvalue weighted by atomic mass is 79.9. The molecule has 6 nitrogen and oxygen atoms in total. The highest BCUT2D eigenvalue weighted by molar-refractivity contribution is 9.10. The lowest BCUT2D eigenvalue weighted by atomic mass is 10.1. The van der Waals surface area contributed by atoms with Crippen molar-refractivity contribution < 1.29 is 14.6 Å². The molecule has 0 bridgehead atoms. The molecule has 1 atom stereocenters. The van der Waals surface area contributed by atoms with Gasteiger partial charge in [0.15, 0.2) is 11.5 Å². The number of nitrogens with zero attached hydrogens (tertiary/aromatic N) is 2. The van der Waals surface area contributed by atoms with E-state index in [1.165, 1.54) is 11.3 Å². The van der Waals surface area contributed by atoms with E-state index in [4.69, 9.17) is 4.74 Å². The highest BCUT2D eigenvalue weighted by Gasteiger charge is 2.21. The number of aromatic nitrogens is 2. The lowest BCUT2D eigenvalue weighted by molar-refractivity contribution is 0.0692. The number of aromatic carboxylic acids is 1. The summed E-state index contributed by atoms with van der Waals surface area (Å²) in [6, 6.07) is 10.1. The van der Waals surface area contributed by atoms with Gasteiger partial charge in [-0.1, -0.05) is 28.1 Å². The molecule has 26 heavy (non-hydrogen) atoms. The Bertz CT molecular complexity index is 969. The maximum absolute atomic E-state index is 11.6. The monoisotopic (exact) mass is 433 g/mol. The minimum absolute atomic E-state index is 0.0170. The van der Waals surface area contributed by atoms with Crippen molar-refractivity contribution in [3.8, 4) is 10.4 Å². The molecule has 1 aliphatic rings. The zero-order valence-corrected chi connectivity index (χ0v) is 16.1. The van der Waals surface area contributed by atoms with Crippen molar-refractivity contribution in [2.75, 3.05) is 18.5 Å². The zero-order chi connectivity index (χ0) is 18.1. The Kier molecular flexibility index (Phi) is 4.88. The summed E-state index contributed by atoms with van der Waals surface area (Å²) in [6.07, 6.45) is 1.99. The van der Waals surface area contributed by atoms with E-state index in [1.54, 1.807) is 0 Å². The summed E-state index contributed by atoms with van der Waals surface area (Å²) in [5.74, 6) is -0.462. The lowest BCUT2D eigenvalue weighted by Gasteiger charge is -2.23. The largest absolute Gasteiger partial charge is 0.476 e. The van der Waals surface area contributed by atoms with Gasteiger partial charge in [0.2, 0.25) is 0 Å². The third kappa shape index (κ3) is 3.44. The fraction of sp³-hybridized carbons (Fsp3) is 0.278. The fourth-order valence-corrected chi connectivity index (χ4v) is 4.55. The first-order valence-electron chi connectivity index (χ1n) is 8.25. The van der Waals surface area contributed by atoms with Crippen molar-refractivity contribution in [2.24, 2.45) is 0 Å². The molecule has 4 rings (SSSR count). The second-order valence-electron chi connectivity index (χ2n) is 6.12. The van der Waals surface area contributed by atoms with Crippen LogP contribution in [0.1, 0.15) is 23.3 Å². The maximum atomic E-state index is 11.6. The SMILES string of the molecule is O=C(O)c1nnc(NC2CCCOC2)c2cc(-c3cccc(Br)c3)sc12. The molecule has 134 valence electrons. The summed E-state index contributed by atoms with van der Waals surface area (Å²) in [5, 5.41) is 21.7. The molecule has 3 aromatic rings. The maximum Gasteiger partial charge on any atom is 0.357 e. The molecule has 1 fully saturated rings. The third-order valence-corrected chi connectivity index (χ3v) is 5.95. The number of nitrogens with one attached hydrogen (secondary N) is 1. The molecule has 0 radical (unpaired) electrons. The van der Waals surface area contributed by atoms with Crippen molar-refractivity contribution in [3.05, 3.63) is 40.5 Å². The first-order chi connectivity index (χ1) is 12.6. The number of rotatable bonds is 4. The number of benzene rings is 1. The van der Waals surface area contributed by atoms with E-state index < -0.39 is 5.97 Å². The standard InChI is InChI=1S/C18H16BrN3O3S/c19-11-4-1-3-10(7-11)14-8-13-16(26-14)15(18(23)24)21-22-17(13)20-12-5-2-6-25-9-12/h1,3-4,7-8,12H,2,5-6,9H2,(H,20,22)(H,23,24). The smallest absolute Gasteiger partial charge is 0.357 e. The van der Waals surface area contributed by atoms with Crippen LogP contribution >= 0.6 is 27.3 Å². The van der Waals surface area contributed by atoms with Crippen LogP contribution in [0.4, 0.5) is 5.82 Å². The van der Waals surface area contributed by atoms with Gasteiger partial charge in [-0.25, -0.2) is 4.79 Å². The number of anilines is 1. The molecule has 1 aromatic carbocycles. The molecule has 2 aromatic heterocycles. The number of carboxylic acids is 1. The number of ether oxygens (including phenoxy) is 1. The Morgan fingerprint density at radius 1 is 1.35 bits per heavy atom. The van der Waals surface area contributed by atoms with Gasteiger partial charge in [-0.3, -0.25) is 0 Å². The molecule has 3 heterocycles. The minimum Gasteiger partial charge on any atom is -0.476 e. The van der Waals surface area contributed by atoms with E-state index in [1.807, 2.05) is 30.3 Å². The number of halogens is 1. The van der Waals surface area contributed by atoms with Gasteiger partial charge in [0.25, 0.3) is 0 Å². The lowest BCUT2D eigenvalue weighted by Crippen LogP contribution is -2.30. The Hall–Kier alpha value is -2.03. The van der Waals surface area contributed by atoms with Gasteiger partial charge >= 0.3 is 5.97 Å². The van der Waals surface area contributed by atoms with E-state index >= 15 is 0 Å². The average molecular weight is 434 g/mol. The molecule has 1 unspecified atom stereocenters. The third-order valence-electron chi connectivity index (χ3n) is 4.27. The van der Waals surface area contributed by atoms with Gasteiger partial charge in [-0.15, -0.1) is 21.5 Å². The summed E-state index contributed by atoms with van der Waals surface area (Å²) in [5.41, 5.74) is 1.00. The number of hydrogen-bond acceptors (Lipinski definition) is 6. The van der Waals surface area contributed by atoms with Crippen LogP contribution in [0, 0.1) is 0 Å². The normalized spacial score (nSPS) is 17.3. The number of carboxylic acid groups (broad SMARTS) is 1. The van der Waals surface area contributed by atoms with E-state index in [0.29, 0.717) is 17.1 Å². The minimum atomic E-state index is -1.07. The topological polar surface area (TPSA) is 84.3 Å². The predicted molar refractivity (Wildman–Crippen MR) is 105 cm³/mol. The van der Waals surface area contributed by atoms with Gasteiger partial charge < -0.3 is 15.2 Å². The second kappa shape index (κ2) is 7.30. The zero-order valence-electron chi connectivity index (χ0n) is 13.7. The second-order valence-corrected chi connectivity index (χ2v) is 8.09. The number of carbonyl (C=O) groups is 1. The van der Waals surface area contributed by atoms with Crippen LogP contribution in [0.25, 0.3) is 20.5 Å². The van der Waals surface area contributed by atoms with E-state index in [-0.39, 0.29) is 11.7 Å². The van der Waals surface area contributed by atoms with Crippen molar-refractivity contribution in [3.63, 3.8) is 0 Å². The molecule has 1 saturated heterocycles. The first kappa shape index (κ1) is 17.4. The Morgan fingerprint density at radius 3 is 2.96 bits per heavy atom. The molecule has 0 spiro atoms. The summed E-state index contributed by atoms with van der Waals surface area (Å²) in [6.45, 7) is 1.40. The van der Waals surface area contributed by atoms with Gasteiger partial charge in [0.1, 0.15) is 0 Å². The van der Waals surface area contributed by atoms with Crippen LogP contribution in [0.3, 0.4) is 0 Å². The van der Waals surface area contributed by atoms with E-state index in [2.05, 4.69) is 31.4 Å². The first-order valence-corrected chi connectivity index (χ1v) is 9.86. The van der Waals surface area contributed by atoms with Crippen LogP contribution in [-0.4, -0.2) is 40.5 Å². The summed E-state index contributed by atoms with van der Waals surface area (Å²) < 4.78 is 7.11. The summed E-state index contributed by atoms with van der Waals surface area (Å²) in [7, 11) is 0. The van der Waals surface area contributed by atoms with E-state index in [9.17, 15) is 9.90 Å². The predicted octanol–water partition coefficient (Wildman–Crippen LogP) is 4.41. The van der Waals surface area contributed by atoms with Gasteiger partial charge in [0, 0.05) is 21.3 Å². The highest BCUT2D eigenvalue weighted by Crippen LogP contribution is 2.38. The Morgan fingerprint density at radius 2 is 2.23 bits per heavy atom. The molecule has 0 saturated carbocycles. The van der Waals surface area contributed by atoms with Gasteiger partial charge in [0.05, 0.1) is 17.3 Å². The van der Waals surface area contributed by atoms with Gasteiger partial charge in [-0.05, 0) is 36.6 Å². The van der Waals surface area contributed by atoms with Crippen LogP contribution in [0.15, 0.2) is 34.8 Å².